The first kappa shape index (κ1) is 12.7. The number of nitrogens with zero attached hydrogens (tertiary/aromatic N) is 3. The Kier molecular flexibility index (Phi) is 3.57. The predicted octanol–water partition coefficient (Wildman–Crippen LogP) is 2.51. The first-order valence-corrected chi connectivity index (χ1v) is 7.29. The number of fused-ring (bicyclic) bond motifs is 1. The van der Waals surface area contributed by atoms with E-state index in [1.165, 1.54) is 5.56 Å². The van der Waals surface area contributed by atoms with Crippen LogP contribution in [-0.4, -0.2) is 21.5 Å². The lowest BCUT2D eigenvalue weighted by atomic mass is 10.0. The van der Waals surface area contributed by atoms with Crippen LogP contribution >= 0.6 is 15.9 Å². The summed E-state index contributed by atoms with van der Waals surface area (Å²) >= 11 is 3.52. The predicted molar refractivity (Wildman–Crippen MR) is 77.8 cm³/mol. The monoisotopic (exact) mass is 318 g/mol. The second-order valence-corrected chi connectivity index (χ2v) is 5.39. The van der Waals surface area contributed by atoms with Gasteiger partial charge in [0.05, 0.1) is 5.69 Å². The van der Waals surface area contributed by atoms with Crippen molar-refractivity contribution in [3.63, 3.8) is 0 Å². The Morgan fingerprint density at radius 1 is 1.37 bits per heavy atom. The van der Waals surface area contributed by atoms with Crippen molar-refractivity contribution >= 4 is 15.9 Å². The van der Waals surface area contributed by atoms with E-state index >= 15 is 0 Å². The maximum absolute atomic E-state index is 4.70. The maximum atomic E-state index is 4.70. The standard InChI is InChI=1S/C14H15BrN4/c1-2-11-9-5-7-16-8-12(9)19-14(18-11)13-10(15)4-3-6-17-13/h3-4,6,16H,2,5,7-8H2,1H3. The third-order valence-corrected chi connectivity index (χ3v) is 3.97. The van der Waals surface area contributed by atoms with E-state index in [0.717, 1.165) is 47.5 Å². The van der Waals surface area contributed by atoms with Gasteiger partial charge in [-0.2, -0.15) is 0 Å². The Labute approximate surface area is 120 Å². The van der Waals surface area contributed by atoms with Crippen LogP contribution in [0, 0.1) is 0 Å². The first-order chi connectivity index (χ1) is 9.29. The van der Waals surface area contributed by atoms with Gasteiger partial charge in [-0.15, -0.1) is 0 Å². The van der Waals surface area contributed by atoms with E-state index < -0.39 is 0 Å². The van der Waals surface area contributed by atoms with Gasteiger partial charge in [-0.05, 0) is 53.0 Å². The number of halogens is 1. The summed E-state index contributed by atoms with van der Waals surface area (Å²) in [4.78, 5) is 13.8. The molecule has 2 aromatic heterocycles. The summed E-state index contributed by atoms with van der Waals surface area (Å²) in [5.41, 5.74) is 4.40. The molecule has 4 nitrogen and oxygen atoms in total. The van der Waals surface area contributed by atoms with Gasteiger partial charge < -0.3 is 5.32 Å². The highest BCUT2D eigenvalue weighted by Gasteiger charge is 2.18. The second kappa shape index (κ2) is 5.35. The van der Waals surface area contributed by atoms with Gasteiger partial charge in [0.15, 0.2) is 5.82 Å². The fourth-order valence-electron chi connectivity index (χ4n) is 2.39. The summed E-state index contributed by atoms with van der Waals surface area (Å²) in [5.74, 6) is 0.715. The molecule has 1 N–H and O–H groups in total. The summed E-state index contributed by atoms with van der Waals surface area (Å²) in [7, 11) is 0. The largest absolute Gasteiger partial charge is 0.311 e. The van der Waals surface area contributed by atoms with Crippen LogP contribution in [-0.2, 0) is 19.4 Å². The molecule has 0 unspecified atom stereocenters. The Hall–Kier alpha value is -1.33. The zero-order chi connectivity index (χ0) is 13.2. The van der Waals surface area contributed by atoms with Crippen LogP contribution < -0.4 is 5.32 Å². The smallest absolute Gasteiger partial charge is 0.179 e. The minimum Gasteiger partial charge on any atom is -0.311 e. The molecule has 0 amide bonds. The van der Waals surface area contributed by atoms with Gasteiger partial charge in [0.1, 0.15) is 5.69 Å². The molecule has 3 rings (SSSR count). The van der Waals surface area contributed by atoms with Gasteiger partial charge in [0, 0.05) is 22.9 Å². The van der Waals surface area contributed by atoms with Gasteiger partial charge in [-0.25, -0.2) is 9.97 Å². The Balaban J connectivity index is 2.15. The van der Waals surface area contributed by atoms with Crippen molar-refractivity contribution in [2.75, 3.05) is 6.54 Å². The number of hydrogen-bond donors (Lipinski definition) is 1. The van der Waals surface area contributed by atoms with Crippen molar-refractivity contribution in [1.29, 1.82) is 0 Å². The lowest BCUT2D eigenvalue weighted by Crippen LogP contribution is -2.26. The first-order valence-electron chi connectivity index (χ1n) is 6.50. The number of hydrogen-bond acceptors (Lipinski definition) is 4. The van der Waals surface area contributed by atoms with Crippen LogP contribution in [0.4, 0.5) is 0 Å². The third kappa shape index (κ3) is 2.40. The van der Waals surface area contributed by atoms with E-state index in [1.807, 2.05) is 12.1 Å². The fraction of sp³-hybridized carbons (Fsp3) is 0.357. The normalized spacial score (nSPS) is 14.2. The van der Waals surface area contributed by atoms with E-state index in [2.05, 4.69) is 38.1 Å². The molecule has 0 aromatic carbocycles. The van der Waals surface area contributed by atoms with E-state index in [9.17, 15) is 0 Å². The second-order valence-electron chi connectivity index (χ2n) is 4.53. The summed E-state index contributed by atoms with van der Waals surface area (Å²) in [6, 6.07) is 3.86. The lowest BCUT2D eigenvalue weighted by Gasteiger charge is -2.19. The molecule has 5 heteroatoms. The number of aromatic nitrogens is 3. The lowest BCUT2D eigenvalue weighted by molar-refractivity contribution is 0.616. The van der Waals surface area contributed by atoms with E-state index in [4.69, 9.17) is 4.98 Å². The van der Waals surface area contributed by atoms with Crippen molar-refractivity contribution in [2.45, 2.75) is 26.3 Å². The maximum Gasteiger partial charge on any atom is 0.179 e. The molecular weight excluding hydrogens is 304 g/mol. The summed E-state index contributed by atoms with van der Waals surface area (Å²) in [6.07, 6.45) is 3.72. The van der Waals surface area contributed by atoms with Crippen LogP contribution in [0.2, 0.25) is 0 Å². The van der Waals surface area contributed by atoms with Crippen LogP contribution in [0.1, 0.15) is 23.9 Å². The number of aryl methyl sites for hydroxylation is 1. The van der Waals surface area contributed by atoms with Crippen LogP contribution in [0.3, 0.4) is 0 Å². The molecule has 19 heavy (non-hydrogen) atoms. The van der Waals surface area contributed by atoms with Crippen molar-refractivity contribution < 1.29 is 0 Å². The average Bonchev–Trinajstić information content (AvgIpc) is 2.46. The number of rotatable bonds is 2. The van der Waals surface area contributed by atoms with Crippen molar-refractivity contribution in [1.82, 2.24) is 20.3 Å². The molecule has 0 radical (unpaired) electrons. The molecule has 0 saturated carbocycles. The van der Waals surface area contributed by atoms with E-state index in [-0.39, 0.29) is 0 Å². The van der Waals surface area contributed by atoms with Gasteiger partial charge in [0.25, 0.3) is 0 Å². The van der Waals surface area contributed by atoms with Gasteiger partial charge >= 0.3 is 0 Å². The quantitative estimate of drug-likeness (QED) is 0.924. The zero-order valence-corrected chi connectivity index (χ0v) is 12.4. The molecule has 0 bridgehead atoms. The van der Waals surface area contributed by atoms with Gasteiger partial charge in [-0.3, -0.25) is 4.98 Å². The molecule has 2 aromatic rings. The molecule has 3 heterocycles. The van der Waals surface area contributed by atoms with Gasteiger partial charge in [0.2, 0.25) is 0 Å². The molecule has 0 aliphatic carbocycles. The highest BCUT2D eigenvalue weighted by molar-refractivity contribution is 9.10. The molecule has 1 aliphatic heterocycles. The number of pyridine rings is 1. The molecule has 0 spiro atoms. The summed E-state index contributed by atoms with van der Waals surface area (Å²) < 4.78 is 0.931. The zero-order valence-electron chi connectivity index (χ0n) is 10.8. The fourth-order valence-corrected chi connectivity index (χ4v) is 2.82. The topological polar surface area (TPSA) is 50.7 Å². The van der Waals surface area contributed by atoms with Crippen LogP contribution in [0.5, 0.6) is 0 Å². The van der Waals surface area contributed by atoms with Crippen molar-refractivity contribution in [3.8, 4) is 11.5 Å². The Morgan fingerprint density at radius 3 is 3.05 bits per heavy atom. The molecule has 0 fully saturated rings. The minimum atomic E-state index is 0.715. The van der Waals surface area contributed by atoms with Crippen molar-refractivity contribution in [3.05, 3.63) is 39.8 Å². The molecule has 98 valence electrons. The van der Waals surface area contributed by atoms with Gasteiger partial charge in [-0.1, -0.05) is 6.92 Å². The summed E-state index contributed by atoms with van der Waals surface area (Å²) in [5, 5.41) is 3.36. The number of nitrogens with one attached hydrogen (secondary N) is 1. The highest BCUT2D eigenvalue weighted by Crippen LogP contribution is 2.25. The summed E-state index contributed by atoms with van der Waals surface area (Å²) in [6.45, 7) is 3.97. The average molecular weight is 319 g/mol. The van der Waals surface area contributed by atoms with E-state index in [1.54, 1.807) is 6.20 Å². The SMILES string of the molecule is CCc1nc(-c2ncccc2Br)nc2c1CCNC2. The third-order valence-electron chi connectivity index (χ3n) is 3.33. The minimum absolute atomic E-state index is 0.715. The Morgan fingerprint density at radius 2 is 2.26 bits per heavy atom. The van der Waals surface area contributed by atoms with E-state index in [0.29, 0.717) is 5.82 Å². The molecule has 0 saturated heterocycles. The molecule has 0 atom stereocenters. The molecule has 1 aliphatic rings. The highest BCUT2D eigenvalue weighted by atomic mass is 79.9. The van der Waals surface area contributed by atoms with Crippen LogP contribution in [0.15, 0.2) is 22.8 Å². The Bertz CT molecular complexity index is 595. The van der Waals surface area contributed by atoms with Crippen molar-refractivity contribution in [2.24, 2.45) is 0 Å². The van der Waals surface area contributed by atoms with Crippen LogP contribution in [0.25, 0.3) is 11.5 Å². The molecular formula is C14H15BrN4.